The van der Waals surface area contributed by atoms with Crippen LogP contribution in [0.2, 0.25) is 0 Å². The van der Waals surface area contributed by atoms with Crippen LogP contribution < -0.4 is 4.72 Å². The minimum Gasteiger partial charge on any atom is -0.254 e. The lowest BCUT2D eigenvalue weighted by atomic mass is 10.2. The number of hydrogen-bond donors (Lipinski definition) is 1. The van der Waals surface area contributed by atoms with Crippen molar-refractivity contribution in [3.63, 3.8) is 0 Å². The lowest BCUT2D eigenvalue weighted by molar-refractivity contribution is 0.603. The zero-order valence-electron chi connectivity index (χ0n) is 12.0. The highest BCUT2D eigenvalue weighted by molar-refractivity contribution is 7.94. The molecule has 0 unspecified atom stereocenters. The summed E-state index contributed by atoms with van der Waals surface area (Å²) >= 11 is 2.27. The number of halogens is 1. The summed E-state index contributed by atoms with van der Waals surface area (Å²) in [5.41, 5.74) is 1.50. The van der Waals surface area contributed by atoms with E-state index in [-0.39, 0.29) is 10.0 Å². The summed E-state index contributed by atoms with van der Waals surface area (Å²) in [7, 11) is -3.72. The van der Waals surface area contributed by atoms with E-state index in [1.807, 2.05) is 12.3 Å². The zero-order chi connectivity index (χ0) is 16.4. The maximum Gasteiger partial charge on any atom is 0.274 e. The second kappa shape index (κ2) is 6.34. The second-order valence-electron chi connectivity index (χ2n) is 4.59. The molecule has 0 aliphatic rings. The van der Waals surface area contributed by atoms with Gasteiger partial charge in [0.2, 0.25) is 0 Å². The van der Waals surface area contributed by atoms with E-state index in [9.17, 15) is 12.8 Å². The molecule has 0 fully saturated rings. The van der Waals surface area contributed by atoms with Crippen molar-refractivity contribution in [3.05, 3.63) is 47.4 Å². The molecule has 0 atom stereocenters. The highest BCUT2D eigenvalue weighted by Gasteiger charge is 2.20. The maximum atomic E-state index is 12.9. The van der Waals surface area contributed by atoms with Crippen LogP contribution in [0.25, 0.3) is 10.6 Å². The van der Waals surface area contributed by atoms with Crippen molar-refractivity contribution >= 4 is 37.8 Å². The van der Waals surface area contributed by atoms with Crippen molar-refractivity contribution in [1.82, 2.24) is 9.97 Å². The van der Waals surface area contributed by atoms with Gasteiger partial charge in [-0.2, -0.15) is 0 Å². The molecule has 1 N–H and O–H groups in total. The number of aryl methyl sites for hydroxylation is 1. The van der Waals surface area contributed by atoms with E-state index in [4.69, 9.17) is 0 Å². The lowest BCUT2D eigenvalue weighted by Crippen LogP contribution is -2.11. The summed E-state index contributed by atoms with van der Waals surface area (Å²) in [5, 5.41) is 2.66. The summed E-state index contributed by atoms with van der Waals surface area (Å²) in [4.78, 5) is 8.29. The second-order valence-corrected chi connectivity index (χ2v) is 8.39. The molecule has 3 aromatic rings. The van der Waals surface area contributed by atoms with E-state index in [1.165, 1.54) is 29.7 Å². The standard InChI is InChI=1S/C14H12FN3O2S3/c1-2-11-8-21-14(17-11)18-23(19,20)12-7-16-13(22-12)9-3-5-10(15)6-4-9/h3-8H,2H2,1H3,(H,17,18). The quantitative estimate of drug-likeness (QED) is 0.743. The molecule has 0 saturated heterocycles. The smallest absolute Gasteiger partial charge is 0.254 e. The van der Waals surface area contributed by atoms with Crippen LogP contribution in [0.5, 0.6) is 0 Å². The highest BCUT2D eigenvalue weighted by atomic mass is 32.2. The van der Waals surface area contributed by atoms with Gasteiger partial charge in [0, 0.05) is 10.9 Å². The van der Waals surface area contributed by atoms with Gasteiger partial charge in [-0.05, 0) is 30.7 Å². The first kappa shape index (κ1) is 16.0. The fraction of sp³-hybridized carbons (Fsp3) is 0.143. The fourth-order valence-corrected chi connectivity index (χ4v) is 4.97. The van der Waals surface area contributed by atoms with Gasteiger partial charge in [-0.25, -0.2) is 22.8 Å². The largest absolute Gasteiger partial charge is 0.274 e. The Kier molecular flexibility index (Phi) is 4.42. The summed E-state index contributed by atoms with van der Waals surface area (Å²) in [5.74, 6) is -0.352. The summed E-state index contributed by atoms with van der Waals surface area (Å²) in [6.07, 6.45) is 2.04. The third-order valence-corrected chi connectivity index (χ3v) is 6.76. The van der Waals surface area contributed by atoms with Crippen LogP contribution in [-0.2, 0) is 16.4 Å². The van der Waals surface area contributed by atoms with Crippen molar-refractivity contribution in [2.24, 2.45) is 0 Å². The molecule has 0 bridgehead atoms. The van der Waals surface area contributed by atoms with Crippen LogP contribution in [0.15, 0.2) is 40.1 Å². The normalized spacial score (nSPS) is 11.6. The molecule has 120 valence electrons. The summed E-state index contributed by atoms with van der Waals surface area (Å²) < 4.78 is 40.2. The van der Waals surface area contributed by atoms with Gasteiger partial charge in [-0.15, -0.1) is 22.7 Å². The average molecular weight is 369 g/mol. The summed E-state index contributed by atoms with van der Waals surface area (Å²) in [6, 6.07) is 5.74. The molecule has 0 amide bonds. The number of hydrogen-bond acceptors (Lipinski definition) is 6. The maximum absolute atomic E-state index is 12.9. The topological polar surface area (TPSA) is 72.0 Å². The van der Waals surface area contributed by atoms with Crippen LogP contribution in [0.4, 0.5) is 9.52 Å². The van der Waals surface area contributed by atoms with Gasteiger partial charge in [0.05, 0.1) is 11.9 Å². The number of nitrogens with zero attached hydrogens (tertiary/aromatic N) is 2. The Hall–Kier alpha value is -1.84. The van der Waals surface area contributed by atoms with Crippen molar-refractivity contribution in [3.8, 4) is 10.6 Å². The molecule has 0 spiro atoms. The van der Waals surface area contributed by atoms with Gasteiger partial charge in [0.1, 0.15) is 10.8 Å². The number of anilines is 1. The third kappa shape index (κ3) is 3.57. The van der Waals surface area contributed by atoms with E-state index < -0.39 is 10.0 Å². The van der Waals surface area contributed by atoms with Crippen molar-refractivity contribution in [1.29, 1.82) is 0 Å². The van der Waals surface area contributed by atoms with Gasteiger partial charge in [0.15, 0.2) is 9.34 Å². The van der Waals surface area contributed by atoms with Crippen LogP contribution in [-0.4, -0.2) is 18.4 Å². The number of thiazole rings is 2. The van der Waals surface area contributed by atoms with Crippen molar-refractivity contribution in [2.45, 2.75) is 17.6 Å². The molecular weight excluding hydrogens is 357 g/mol. The number of sulfonamides is 1. The summed E-state index contributed by atoms with van der Waals surface area (Å²) in [6.45, 7) is 1.95. The highest BCUT2D eigenvalue weighted by Crippen LogP contribution is 2.29. The number of benzene rings is 1. The van der Waals surface area contributed by atoms with E-state index >= 15 is 0 Å². The molecule has 0 radical (unpaired) electrons. The molecule has 3 rings (SSSR count). The number of nitrogens with one attached hydrogen (secondary N) is 1. The van der Waals surface area contributed by atoms with Crippen LogP contribution >= 0.6 is 22.7 Å². The predicted octanol–water partition coefficient (Wildman–Crippen LogP) is 3.77. The molecule has 23 heavy (non-hydrogen) atoms. The lowest BCUT2D eigenvalue weighted by Gasteiger charge is -2.01. The zero-order valence-corrected chi connectivity index (χ0v) is 14.4. The van der Waals surface area contributed by atoms with E-state index in [0.717, 1.165) is 23.5 Å². The first-order valence-electron chi connectivity index (χ1n) is 6.67. The van der Waals surface area contributed by atoms with Crippen LogP contribution in [0, 0.1) is 5.82 Å². The van der Waals surface area contributed by atoms with Gasteiger partial charge in [0.25, 0.3) is 10.0 Å². The average Bonchev–Trinajstić information content (AvgIpc) is 3.17. The predicted molar refractivity (Wildman–Crippen MR) is 89.8 cm³/mol. The molecule has 9 heteroatoms. The van der Waals surface area contributed by atoms with E-state index in [1.54, 1.807) is 12.1 Å². The minimum atomic E-state index is -3.72. The molecule has 0 aliphatic carbocycles. The Balaban J connectivity index is 1.84. The molecular formula is C14H12FN3O2S3. The van der Waals surface area contributed by atoms with Crippen molar-refractivity contribution in [2.75, 3.05) is 4.72 Å². The third-order valence-electron chi connectivity index (χ3n) is 2.98. The van der Waals surface area contributed by atoms with Gasteiger partial charge >= 0.3 is 0 Å². The number of aromatic nitrogens is 2. The van der Waals surface area contributed by atoms with Gasteiger partial charge in [-0.3, -0.25) is 4.72 Å². The fourth-order valence-electron chi connectivity index (χ4n) is 1.79. The van der Waals surface area contributed by atoms with Crippen molar-refractivity contribution < 1.29 is 12.8 Å². The molecule has 0 aliphatic heterocycles. The Labute approximate surface area is 140 Å². The molecule has 1 aromatic carbocycles. The Morgan fingerprint density at radius 2 is 2.00 bits per heavy atom. The van der Waals surface area contributed by atoms with E-state index in [0.29, 0.717) is 15.7 Å². The monoisotopic (exact) mass is 369 g/mol. The Morgan fingerprint density at radius 1 is 1.26 bits per heavy atom. The minimum absolute atomic E-state index is 0.0880. The first-order chi connectivity index (χ1) is 11.0. The number of rotatable bonds is 5. The first-order valence-corrected chi connectivity index (χ1v) is 9.85. The van der Waals surface area contributed by atoms with Crippen LogP contribution in [0.3, 0.4) is 0 Å². The Bertz CT molecular complexity index is 917. The molecule has 2 aromatic heterocycles. The van der Waals surface area contributed by atoms with Gasteiger partial charge < -0.3 is 0 Å². The Morgan fingerprint density at radius 3 is 2.65 bits per heavy atom. The SMILES string of the molecule is CCc1csc(NS(=O)(=O)c2cnc(-c3ccc(F)cc3)s2)n1. The molecule has 2 heterocycles. The molecule has 5 nitrogen and oxygen atoms in total. The van der Waals surface area contributed by atoms with E-state index in [2.05, 4.69) is 14.7 Å². The van der Waals surface area contributed by atoms with Crippen LogP contribution in [0.1, 0.15) is 12.6 Å². The van der Waals surface area contributed by atoms with Gasteiger partial charge in [-0.1, -0.05) is 6.92 Å². The molecule has 0 saturated carbocycles.